The van der Waals surface area contributed by atoms with Crippen molar-refractivity contribution in [2.45, 2.75) is 51.4 Å². The van der Waals surface area contributed by atoms with Gasteiger partial charge in [0.1, 0.15) is 0 Å². The summed E-state index contributed by atoms with van der Waals surface area (Å²) < 4.78 is 26.2. The Balaban J connectivity index is 1.97. The summed E-state index contributed by atoms with van der Waals surface area (Å²) in [5, 5.41) is 9.31. The third-order valence-electron chi connectivity index (χ3n) is 4.86. The van der Waals surface area contributed by atoms with Gasteiger partial charge in [0.15, 0.2) is 0 Å². The number of amides is 1. The summed E-state index contributed by atoms with van der Waals surface area (Å²) in [5.74, 6) is -4.02. The zero-order chi connectivity index (χ0) is 15.0. The number of likely N-dealkylation sites (tertiary alicyclic amines) is 1. The number of nitrogens with zero attached hydrogens (tertiary/aromatic N) is 1. The maximum atomic E-state index is 13.1. The van der Waals surface area contributed by atoms with Crippen molar-refractivity contribution >= 4 is 11.9 Å². The van der Waals surface area contributed by atoms with Crippen LogP contribution in [0.4, 0.5) is 8.78 Å². The molecule has 0 radical (unpaired) electrons. The molecule has 1 heterocycles. The molecule has 1 unspecified atom stereocenters. The lowest BCUT2D eigenvalue weighted by Crippen LogP contribution is -2.41. The molecule has 0 aromatic heterocycles. The lowest BCUT2D eigenvalue weighted by atomic mass is 9.84. The van der Waals surface area contributed by atoms with Gasteiger partial charge in [-0.05, 0) is 25.7 Å². The van der Waals surface area contributed by atoms with Crippen LogP contribution >= 0.6 is 0 Å². The number of aliphatic carboxylic acids is 1. The molecule has 1 aliphatic carbocycles. The average Bonchev–Trinajstić information content (AvgIpc) is 2.83. The van der Waals surface area contributed by atoms with Crippen LogP contribution in [0, 0.1) is 11.3 Å². The Morgan fingerprint density at radius 1 is 1.25 bits per heavy atom. The summed E-state index contributed by atoms with van der Waals surface area (Å²) in [6, 6.07) is 0. The molecule has 0 aromatic carbocycles. The fourth-order valence-electron chi connectivity index (χ4n) is 3.22. The van der Waals surface area contributed by atoms with Crippen LogP contribution in [0.5, 0.6) is 0 Å². The fourth-order valence-corrected chi connectivity index (χ4v) is 3.22. The number of rotatable bonds is 3. The fraction of sp³-hybridized carbons (Fsp3) is 0.857. The number of carboxylic acid groups (broad SMARTS) is 1. The summed E-state index contributed by atoms with van der Waals surface area (Å²) in [6.07, 6.45) is 0.857. The van der Waals surface area contributed by atoms with Crippen molar-refractivity contribution in [2.75, 3.05) is 13.1 Å². The second-order valence-electron chi connectivity index (χ2n) is 6.08. The van der Waals surface area contributed by atoms with Gasteiger partial charge in [-0.2, -0.15) is 0 Å². The largest absolute Gasteiger partial charge is 0.481 e. The van der Waals surface area contributed by atoms with Crippen molar-refractivity contribution in [3.8, 4) is 0 Å². The van der Waals surface area contributed by atoms with Gasteiger partial charge in [0.05, 0.1) is 5.41 Å². The van der Waals surface area contributed by atoms with Gasteiger partial charge in [0.2, 0.25) is 11.8 Å². The number of carbonyl (C=O) groups excluding carboxylic acids is 1. The minimum absolute atomic E-state index is 0.142. The maximum Gasteiger partial charge on any atom is 0.311 e. The second-order valence-corrected chi connectivity index (χ2v) is 6.08. The Morgan fingerprint density at radius 2 is 1.85 bits per heavy atom. The molecule has 1 amide bonds. The SMILES string of the molecule is CCC1(C(=O)O)CCN(C(=O)C2CCC(F)(F)CC2)C1. The van der Waals surface area contributed by atoms with Crippen molar-refractivity contribution in [3.63, 3.8) is 0 Å². The van der Waals surface area contributed by atoms with Crippen LogP contribution in [-0.4, -0.2) is 40.9 Å². The standard InChI is InChI=1S/C14H21F2NO3/c1-2-13(12(19)20)7-8-17(9-13)11(18)10-3-5-14(15,16)6-4-10/h10H,2-9H2,1H3,(H,19,20). The number of carbonyl (C=O) groups is 2. The van der Waals surface area contributed by atoms with E-state index in [0.29, 0.717) is 19.4 Å². The van der Waals surface area contributed by atoms with E-state index in [1.807, 2.05) is 6.92 Å². The number of hydrogen-bond acceptors (Lipinski definition) is 2. The minimum atomic E-state index is -2.64. The summed E-state index contributed by atoms with van der Waals surface area (Å²) in [6.45, 7) is 2.44. The van der Waals surface area contributed by atoms with E-state index in [-0.39, 0.29) is 44.1 Å². The minimum Gasteiger partial charge on any atom is -0.481 e. The topological polar surface area (TPSA) is 57.6 Å². The van der Waals surface area contributed by atoms with Gasteiger partial charge in [-0.1, -0.05) is 6.92 Å². The smallest absolute Gasteiger partial charge is 0.311 e. The third kappa shape index (κ3) is 2.79. The lowest BCUT2D eigenvalue weighted by Gasteiger charge is -2.31. The number of hydrogen-bond donors (Lipinski definition) is 1. The molecule has 114 valence electrons. The summed E-state index contributed by atoms with van der Waals surface area (Å²) >= 11 is 0. The number of halogens is 2. The normalized spacial score (nSPS) is 30.4. The van der Waals surface area contributed by atoms with Crippen molar-refractivity contribution in [2.24, 2.45) is 11.3 Å². The van der Waals surface area contributed by atoms with Gasteiger partial charge >= 0.3 is 5.97 Å². The Morgan fingerprint density at radius 3 is 2.30 bits per heavy atom. The Bertz CT molecular complexity index is 403. The van der Waals surface area contributed by atoms with Gasteiger partial charge in [-0.15, -0.1) is 0 Å². The summed E-state index contributed by atoms with van der Waals surface area (Å²) in [7, 11) is 0. The average molecular weight is 289 g/mol. The van der Waals surface area contributed by atoms with Gasteiger partial charge in [0.25, 0.3) is 0 Å². The molecule has 4 nitrogen and oxygen atoms in total. The van der Waals surface area contributed by atoms with Crippen LogP contribution in [0.1, 0.15) is 45.4 Å². The molecule has 1 atom stereocenters. The van der Waals surface area contributed by atoms with Crippen molar-refractivity contribution < 1.29 is 23.5 Å². The van der Waals surface area contributed by atoms with Crippen molar-refractivity contribution in [1.29, 1.82) is 0 Å². The molecule has 0 bridgehead atoms. The molecule has 1 aliphatic heterocycles. The molecular weight excluding hydrogens is 268 g/mol. The molecule has 1 saturated carbocycles. The van der Waals surface area contributed by atoms with E-state index in [4.69, 9.17) is 0 Å². The quantitative estimate of drug-likeness (QED) is 0.868. The first kappa shape index (κ1) is 15.2. The highest BCUT2D eigenvalue weighted by Gasteiger charge is 2.46. The predicted octanol–water partition coefficient (Wildman–Crippen LogP) is 2.53. The van der Waals surface area contributed by atoms with Crippen LogP contribution < -0.4 is 0 Å². The molecule has 1 saturated heterocycles. The second kappa shape index (κ2) is 5.30. The van der Waals surface area contributed by atoms with Crippen molar-refractivity contribution in [1.82, 2.24) is 4.90 Å². The zero-order valence-corrected chi connectivity index (χ0v) is 11.7. The van der Waals surface area contributed by atoms with Crippen LogP contribution in [0.2, 0.25) is 0 Å². The third-order valence-corrected chi connectivity index (χ3v) is 4.86. The summed E-state index contributed by atoms with van der Waals surface area (Å²) in [4.78, 5) is 25.2. The van der Waals surface area contributed by atoms with Gasteiger partial charge in [-0.25, -0.2) is 8.78 Å². The Labute approximate surface area is 117 Å². The van der Waals surface area contributed by atoms with Crippen LogP contribution in [0.3, 0.4) is 0 Å². The van der Waals surface area contributed by atoms with E-state index in [0.717, 1.165) is 0 Å². The molecule has 6 heteroatoms. The van der Waals surface area contributed by atoms with Crippen LogP contribution in [-0.2, 0) is 9.59 Å². The Kier molecular flexibility index (Phi) is 4.02. The molecule has 20 heavy (non-hydrogen) atoms. The van der Waals surface area contributed by atoms with Gasteiger partial charge < -0.3 is 10.0 Å². The van der Waals surface area contributed by atoms with E-state index in [1.165, 1.54) is 0 Å². The first-order valence-corrected chi connectivity index (χ1v) is 7.20. The van der Waals surface area contributed by atoms with Crippen LogP contribution in [0.25, 0.3) is 0 Å². The maximum absolute atomic E-state index is 13.1. The first-order chi connectivity index (χ1) is 9.30. The molecule has 2 fully saturated rings. The highest BCUT2D eigenvalue weighted by molar-refractivity contribution is 5.82. The van der Waals surface area contributed by atoms with E-state index >= 15 is 0 Å². The van der Waals surface area contributed by atoms with E-state index in [9.17, 15) is 23.5 Å². The summed E-state index contributed by atoms with van der Waals surface area (Å²) in [5.41, 5.74) is -0.853. The highest BCUT2D eigenvalue weighted by atomic mass is 19.3. The zero-order valence-electron chi connectivity index (χ0n) is 11.7. The molecule has 1 N–H and O–H groups in total. The van der Waals surface area contributed by atoms with Crippen LogP contribution in [0.15, 0.2) is 0 Å². The van der Waals surface area contributed by atoms with Crippen molar-refractivity contribution in [3.05, 3.63) is 0 Å². The Hall–Kier alpha value is -1.20. The number of carboxylic acids is 1. The number of alkyl halides is 2. The highest BCUT2D eigenvalue weighted by Crippen LogP contribution is 2.39. The molecule has 0 spiro atoms. The molecule has 0 aromatic rings. The predicted molar refractivity (Wildman–Crippen MR) is 68.5 cm³/mol. The molecule has 2 aliphatic rings. The van der Waals surface area contributed by atoms with E-state index in [1.54, 1.807) is 4.90 Å². The molecule has 2 rings (SSSR count). The van der Waals surface area contributed by atoms with Gasteiger partial charge in [0, 0.05) is 31.8 Å². The monoisotopic (exact) mass is 289 g/mol. The molecular formula is C14H21F2NO3. The van der Waals surface area contributed by atoms with Gasteiger partial charge in [-0.3, -0.25) is 9.59 Å². The van der Waals surface area contributed by atoms with E-state index < -0.39 is 17.3 Å². The van der Waals surface area contributed by atoms with E-state index in [2.05, 4.69) is 0 Å². The lowest BCUT2D eigenvalue weighted by molar-refractivity contribution is -0.149. The first-order valence-electron chi connectivity index (χ1n) is 7.20.